The molecule has 0 aliphatic rings. The van der Waals surface area contributed by atoms with E-state index in [4.69, 9.17) is 13.8 Å². The van der Waals surface area contributed by atoms with Gasteiger partial charge in [0.1, 0.15) is 19.3 Å². The van der Waals surface area contributed by atoms with Crippen LogP contribution in [0, 0.1) is 0 Å². The van der Waals surface area contributed by atoms with Crippen molar-refractivity contribution in [1.29, 1.82) is 0 Å². The predicted molar refractivity (Wildman–Crippen MR) is 314 cm³/mol. The molecule has 73 heavy (non-hydrogen) atoms. The van der Waals surface area contributed by atoms with Crippen LogP contribution in [0.25, 0.3) is 0 Å². The van der Waals surface area contributed by atoms with Crippen molar-refractivity contribution >= 4 is 19.7 Å². The van der Waals surface area contributed by atoms with Crippen molar-refractivity contribution in [2.45, 2.75) is 303 Å². The first-order chi connectivity index (χ1) is 35.4. The predicted octanol–water partition coefficient (Wildman–Crippen LogP) is 18.9. The third-order valence-electron chi connectivity index (χ3n) is 13.8. The highest BCUT2D eigenvalue weighted by Gasteiger charge is 2.30. The molecule has 0 radical (unpaired) electrons. The number of carbonyl (C=O) groups excluding carboxylic acids is 2. The van der Waals surface area contributed by atoms with Gasteiger partial charge < -0.3 is 19.4 Å². The second-order valence-corrected chi connectivity index (χ2v) is 23.7. The zero-order chi connectivity index (χ0) is 53.6. The molecular weight excluding hydrogens is 928 g/mol. The number of quaternary nitrogens is 1. The van der Waals surface area contributed by atoms with Crippen molar-refractivity contribution < 1.29 is 37.3 Å². The van der Waals surface area contributed by atoms with Crippen LogP contribution in [-0.4, -0.2) is 74.3 Å². The van der Waals surface area contributed by atoms with Crippen LogP contribution in [0.5, 0.6) is 0 Å². The standard InChI is InChI=1S/C63H119N2O7P/c1-7-10-13-16-19-22-25-28-30-32-33-34-36-38-41-44-47-50-53-56-63(67)72-61(54-51-48-45-42-39-27-24-21-18-15-12-9-3)60(59-71-73(68,69)70-58-57-65(4,5)6)64-62(66)55-52-49-46-43-40-37-35-31-29-26-23-20-17-14-11-8-2/h19,22,28,30,33-34,51,54,60-61H,7-18,20-21,23-27,29,31-32,35-50,52-53,55-59H2,1-6H3,(H-,64,66,68,69)/p+1/b22-19-,30-28-,34-33-,54-51+. The molecule has 0 heterocycles. The molecule has 2 N–H and O–H groups in total. The summed E-state index contributed by atoms with van der Waals surface area (Å²) in [6.45, 7) is 7.00. The lowest BCUT2D eigenvalue weighted by Crippen LogP contribution is -2.47. The number of nitrogens with zero attached hydrogens (tertiary/aromatic N) is 1. The molecule has 1 amide bonds. The fraction of sp³-hybridized carbons (Fsp3) is 0.841. The average molecular weight is 1050 g/mol. The number of hydrogen-bond acceptors (Lipinski definition) is 6. The minimum Gasteiger partial charge on any atom is -0.456 e. The van der Waals surface area contributed by atoms with Crippen LogP contribution in [0.1, 0.15) is 290 Å². The molecule has 0 fully saturated rings. The maximum absolute atomic E-state index is 13.5. The number of carbonyl (C=O) groups is 2. The van der Waals surface area contributed by atoms with Gasteiger partial charge in [-0.2, -0.15) is 0 Å². The lowest BCUT2D eigenvalue weighted by Gasteiger charge is -2.27. The van der Waals surface area contributed by atoms with Crippen molar-refractivity contribution in [3.63, 3.8) is 0 Å². The largest absolute Gasteiger partial charge is 0.472 e. The van der Waals surface area contributed by atoms with Gasteiger partial charge in [-0.05, 0) is 70.3 Å². The van der Waals surface area contributed by atoms with E-state index in [0.717, 1.165) is 83.5 Å². The number of esters is 1. The van der Waals surface area contributed by atoms with Gasteiger partial charge in [-0.25, -0.2) is 4.57 Å². The molecule has 0 spiro atoms. The van der Waals surface area contributed by atoms with E-state index in [-0.39, 0.29) is 31.5 Å². The number of ether oxygens (including phenoxy) is 1. The summed E-state index contributed by atoms with van der Waals surface area (Å²) in [5, 5.41) is 3.06. The Morgan fingerprint density at radius 1 is 0.479 bits per heavy atom. The third-order valence-corrected chi connectivity index (χ3v) is 14.8. The van der Waals surface area contributed by atoms with E-state index in [2.05, 4.69) is 62.5 Å². The molecule has 9 nitrogen and oxygen atoms in total. The maximum Gasteiger partial charge on any atom is 0.472 e. The van der Waals surface area contributed by atoms with E-state index in [1.54, 1.807) is 0 Å². The van der Waals surface area contributed by atoms with E-state index in [9.17, 15) is 19.0 Å². The Labute approximate surface area is 452 Å². The number of allylic oxidation sites excluding steroid dienone is 7. The van der Waals surface area contributed by atoms with E-state index >= 15 is 0 Å². The Hall–Kier alpha value is -2.03. The first-order valence-corrected chi connectivity index (χ1v) is 32.5. The molecule has 3 unspecified atom stereocenters. The van der Waals surface area contributed by atoms with Crippen molar-refractivity contribution in [2.24, 2.45) is 0 Å². The lowest BCUT2D eigenvalue weighted by atomic mass is 10.0. The molecule has 0 aromatic heterocycles. The quantitative estimate of drug-likeness (QED) is 0.0205. The highest BCUT2D eigenvalue weighted by Crippen LogP contribution is 2.43. The molecule has 0 saturated heterocycles. The topological polar surface area (TPSA) is 111 Å². The van der Waals surface area contributed by atoms with Crippen molar-refractivity contribution in [3.8, 4) is 0 Å². The molecule has 0 rings (SSSR count). The maximum atomic E-state index is 13.5. The lowest BCUT2D eigenvalue weighted by molar-refractivity contribution is -0.870. The fourth-order valence-corrected chi connectivity index (χ4v) is 9.68. The van der Waals surface area contributed by atoms with Crippen LogP contribution in [-0.2, 0) is 27.9 Å². The summed E-state index contributed by atoms with van der Waals surface area (Å²) in [6.07, 6.45) is 65.2. The SMILES string of the molecule is CCCCC/C=C\C/C=C\C/C=C\CCCCCCCCC(=O)OC(/C=C/CCCCCCCCCCCC)C(COP(=O)(O)OCC[N+](C)(C)C)NC(=O)CCCCCCCCCCCCCCCCCC. The van der Waals surface area contributed by atoms with Gasteiger partial charge in [0.2, 0.25) is 5.91 Å². The monoisotopic (exact) mass is 1050 g/mol. The molecule has 0 aliphatic heterocycles. The number of unbranched alkanes of at least 4 members (excludes halogenated alkanes) is 34. The number of phosphoric ester groups is 1. The number of nitrogens with one attached hydrogen (secondary N) is 1. The number of rotatable bonds is 56. The summed E-state index contributed by atoms with van der Waals surface area (Å²) in [4.78, 5) is 37.7. The van der Waals surface area contributed by atoms with E-state index < -0.39 is 20.0 Å². The molecule has 0 aromatic rings. The summed E-state index contributed by atoms with van der Waals surface area (Å²) in [6, 6.07) is -0.851. The highest BCUT2D eigenvalue weighted by atomic mass is 31.2. The van der Waals surface area contributed by atoms with E-state index in [0.29, 0.717) is 17.4 Å². The Morgan fingerprint density at radius 3 is 1.27 bits per heavy atom. The second-order valence-electron chi connectivity index (χ2n) is 22.2. The summed E-state index contributed by atoms with van der Waals surface area (Å²) < 4.78 is 30.7. The summed E-state index contributed by atoms with van der Waals surface area (Å²) in [5.74, 6) is -0.509. The van der Waals surface area contributed by atoms with Crippen LogP contribution < -0.4 is 5.32 Å². The smallest absolute Gasteiger partial charge is 0.456 e. The summed E-state index contributed by atoms with van der Waals surface area (Å²) in [5.41, 5.74) is 0. The van der Waals surface area contributed by atoms with Crippen LogP contribution in [0.3, 0.4) is 0 Å². The zero-order valence-electron chi connectivity index (χ0n) is 48.9. The minimum absolute atomic E-state index is 0.0390. The number of amides is 1. The van der Waals surface area contributed by atoms with Crippen LogP contribution in [0.4, 0.5) is 0 Å². The summed E-state index contributed by atoms with van der Waals surface area (Å²) in [7, 11) is 1.50. The van der Waals surface area contributed by atoms with Crippen molar-refractivity contribution in [3.05, 3.63) is 48.6 Å². The molecule has 428 valence electrons. The Kier molecular flexibility index (Phi) is 51.9. The van der Waals surface area contributed by atoms with Gasteiger partial charge in [0.15, 0.2) is 0 Å². The highest BCUT2D eigenvalue weighted by molar-refractivity contribution is 7.47. The minimum atomic E-state index is -4.45. The van der Waals surface area contributed by atoms with Gasteiger partial charge in [-0.1, -0.05) is 256 Å². The van der Waals surface area contributed by atoms with Gasteiger partial charge in [0.25, 0.3) is 0 Å². The van der Waals surface area contributed by atoms with E-state index in [1.807, 2.05) is 33.3 Å². The van der Waals surface area contributed by atoms with Gasteiger partial charge in [0.05, 0.1) is 33.8 Å². The normalized spacial score (nSPS) is 14.0. The van der Waals surface area contributed by atoms with Gasteiger partial charge in [-0.15, -0.1) is 0 Å². The first-order valence-electron chi connectivity index (χ1n) is 31.0. The van der Waals surface area contributed by atoms with Gasteiger partial charge >= 0.3 is 13.8 Å². The number of phosphoric acid groups is 1. The van der Waals surface area contributed by atoms with E-state index in [1.165, 1.54) is 173 Å². The molecule has 0 aromatic carbocycles. The van der Waals surface area contributed by atoms with Crippen molar-refractivity contribution in [1.82, 2.24) is 5.32 Å². The molecule has 3 atom stereocenters. The molecule has 10 heteroatoms. The first kappa shape index (κ1) is 71.0. The van der Waals surface area contributed by atoms with Gasteiger partial charge in [0, 0.05) is 12.8 Å². The Bertz CT molecular complexity index is 1390. The fourth-order valence-electron chi connectivity index (χ4n) is 8.95. The van der Waals surface area contributed by atoms with Crippen LogP contribution in [0.15, 0.2) is 48.6 Å². The molecular formula is C63H120N2O7P+. The number of likely N-dealkylation sites (N-methyl/N-ethyl adjacent to an activating group) is 1. The summed E-state index contributed by atoms with van der Waals surface area (Å²) >= 11 is 0. The molecule has 0 aliphatic carbocycles. The average Bonchev–Trinajstić information content (AvgIpc) is 3.35. The molecule has 0 saturated carbocycles. The molecule has 0 bridgehead atoms. The van der Waals surface area contributed by atoms with Gasteiger partial charge in [-0.3, -0.25) is 18.6 Å². The Morgan fingerprint density at radius 2 is 0.836 bits per heavy atom. The van der Waals surface area contributed by atoms with Crippen LogP contribution in [0.2, 0.25) is 0 Å². The van der Waals surface area contributed by atoms with Crippen molar-refractivity contribution in [2.75, 3.05) is 40.9 Å². The zero-order valence-corrected chi connectivity index (χ0v) is 49.8. The second kappa shape index (κ2) is 53.4. The Balaban J connectivity index is 5.28. The third kappa shape index (κ3) is 54.6. The van der Waals surface area contributed by atoms with Crippen LogP contribution >= 0.6 is 7.82 Å². The number of hydrogen-bond donors (Lipinski definition) is 2.